The standard InChI is InChI=1S/C44H68O14/c1-21-38(55-36-18-31(46)39(22(2)52-36)56-37-19-32-40(23(3)53-37)58-41(4,5)57-32)30(45)17-35(51-21)54-26-10-12-42(6)25(15-26)8-9-28-29(42)16-33(47)43(7)27(11-13-44(28,43)49)24-14-34(48)50-20-24/h14,21-23,25-33,35-40,45-47,49H,8-13,15-20H2,1-7H3/t21-,22-,23-,25-,26+,27-,28-,29+,30+,31+,32+,33-,35?,36?,37?,38-,39-,40-,42+,43+,44+/m1/s1. The third-order valence-electron chi connectivity index (χ3n) is 16.8. The smallest absolute Gasteiger partial charge is 0.331 e. The van der Waals surface area contributed by atoms with Crippen LogP contribution in [0.3, 0.4) is 0 Å². The fourth-order valence-electron chi connectivity index (χ4n) is 13.7. The number of carbonyl (C=O) groups excluding carboxylic acids is 1. The average molecular weight is 821 g/mol. The highest BCUT2D eigenvalue weighted by atomic mass is 16.8. The molecule has 0 aromatic carbocycles. The summed E-state index contributed by atoms with van der Waals surface area (Å²) < 4.78 is 55.2. The Morgan fingerprint density at radius 2 is 1.34 bits per heavy atom. The second kappa shape index (κ2) is 15.2. The molecule has 4 N–H and O–H groups in total. The summed E-state index contributed by atoms with van der Waals surface area (Å²) >= 11 is 0. The Balaban J connectivity index is 0.765. The molecule has 0 aromatic rings. The Labute approximate surface area is 342 Å². The quantitative estimate of drug-likeness (QED) is 0.214. The van der Waals surface area contributed by atoms with Crippen LogP contribution in [-0.2, 0) is 47.4 Å². The Morgan fingerprint density at radius 3 is 1.98 bits per heavy atom. The van der Waals surface area contributed by atoms with E-state index in [4.69, 9.17) is 42.6 Å². The zero-order valence-corrected chi connectivity index (χ0v) is 35.3. The van der Waals surface area contributed by atoms with Crippen LogP contribution in [0.15, 0.2) is 11.6 Å². The molecular formula is C44H68O14. The first kappa shape index (κ1) is 42.1. The third-order valence-corrected chi connectivity index (χ3v) is 16.8. The number of aliphatic hydroxyl groups is 4. The van der Waals surface area contributed by atoms with Crippen LogP contribution < -0.4 is 0 Å². The van der Waals surface area contributed by atoms with Gasteiger partial charge in [0.2, 0.25) is 0 Å². The number of cyclic esters (lactones) is 1. The van der Waals surface area contributed by atoms with Crippen molar-refractivity contribution in [1.82, 2.24) is 0 Å². The number of hydrogen-bond donors (Lipinski definition) is 4. The van der Waals surface area contributed by atoms with Crippen molar-refractivity contribution in [1.29, 1.82) is 0 Å². The summed E-state index contributed by atoms with van der Waals surface area (Å²) in [6.07, 6.45) is 1.77. The van der Waals surface area contributed by atoms with Crippen molar-refractivity contribution in [2.75, 3.05) is 6.61 Å². The van der Waals surface area contributed by atoms with E-state index in [1.807, 2.05) is 41.5 Å². The van der Waals surface area contributed by atoms with Gasteiger partial charge in [-0.1, -0.05) is 13.8 Å². The van der Waals surface area contributed by atoms with Crippen LogP contribution in [-0.4, -0.2) is 130 Å². The number of aliphatic hydroxyl groups excluding tert-OH is 3. The molecular weight excluding hydrogens is 752 g/mol. The highest BCUT2D eigenvalue weighted by Crippen LogP contribution is 2.70. The van der Waals surface area contributed by atoms with Crippen molar-refractivity contribution in [3.05, 3.63) is 11.6 Å². The molecule has 5 aliphatic heterocycles. The molecule has 0 aromatic heterocycles. The number of rotatable bonds is 7. The normalized spacial score (nSPS) is 55.2. The van der Waals surface area contributed by atoms with E-state index < -0.39 is 78.4 Å². The maximum atomic E-state index is 12.6. The highest BCUT2D eigenvalue weighted by Gasteiger charge is 2.71. The fourth-order valence-corrected chi connectivity index (χ4v) is 13.7. The second-order valence-electron chi connectivity index (χ2n) is 20.4. The first-order valence-electron chi connectivity index (χ1n) is 22.3. The van der Waals surface area contributed by atoms with E-state index in [-0.39, 0.29) is 73.0 Å². The number of esters is 1. The average Bonchev–Trinajstić information content (AvgIpc) is 3.80. The van der Waals surface area contributed by atoms with E-state index in [1.165, 1.54) is 0 Å². The van der Waals surface area contributed by atoms with Crippen molar-refractivity contribution in [3.8, 4) is 0 Å². The van der Waals surface area contributed by atoms with E-state index in [0.29, 0.717) is 25.2 Å². The van der Waals surface area contributed by atoms with Crippen LogP contribution in [0.4, 0.5) is 0 Å². The van der Waals surface area contributed by atoms with Crippen LogP contribution in [0.2, 0.25) is 0 Å². The van der Waals surface area contributed by atoms with Crippen LogP contribution in [0, 0.1) is 34.5 Å². The molecule has 0 bridgehead atoms. The van der Waals surface area contributed by atoms with Gasteiger partial charge in [0.15, 0.2) is 24.7 Å². The first-order valence-corrected chi connectivity index (χ1v) is 22.3. The molecule has 4 saturated carbocycles. The molecule has 0 amide bonds. The van der Waals surface area contributed by atoms with Gasteiger partial charge in [-0.25, -0.2) is 4.79 Å². The summed E-state index contributed by atoms with van der Waals surface area (Å²) in [6.45, 7) is 14.1. The van der Waals surface area contributed by atoms with E-state index >= 15 is 0 Å². The van der Waals surface area contributed by atoms with Gasteiger partial charge in [0.05, 0.1) is 54.4 Å². The summed E-state index contributed by atoms with van der Waals surface area (Å²) in [6, 6.07) is 0. The van der Waals surface area contributed by atoms with Gasteiger partial charge in [-0.3, -0.25) is 0 Å². The third kappa shape index (κ3) is 7.05. The molecule has 0 spiro atoms. The number of hydrogen-bond acceptors (Lipinski definition) is 14. The first-order chi connectivity index (χ1) is 27.4. The monoisotopic (exact) mass is 820 g/mol. The molecule has 9 rings (SSSR count). The van der Waals surface area contributed by atoms with Gasteiger partial charge in [0.25, 0.3) is 0 Å². The topological polar surface area (TPSA) is 181 Å². The zero-order chi connectivity index (χ0) is 41.1. The van der Waals surface area contributed by atoms with Crippen molar-refractivity contribution in [2.45, 2.75) is 216 Å². The predicted octanol–water partition coefficient (Wildman–Crippen LogP) is 4.02. The van der Waals surface area contributed by atoms with E-state index in [1.54, 1.807) is 6.08 Å². The van der Waals surface area contributed by atoms with Crippen molar-refractivity contribution in [2.24, 2.45) is 34.5 Å². The van der Waals surface area contributed by atoms with E-state index in [2.05, 4.69) is 6.92 Å². The van der Waals surface area contributed by atoms with Gasteiger partial charge in [0.1, 0.15) is 24.9 Å². The molecule has 21 atom stereocenters. The molecule has 5 heterocycles. The van der Waals surface area contributed by atoms with Crippen LogP contribution in [0.1, 0.15) is 119 Å². The van der Waals surface area contributed by atoms with Gasteiger partial charge in [-0.05, 0) is 121 Å². The van der Waals surface area contributed by atoms with Gasteiger partial charge in [-0.15, -0.1) is 0 Å². The van der Waals surface area contributed by atoms with Gasteiger partial charge < -0.3 is 63.1 Å². The van der Waals surface area contributed by atoms with Crippen molar-refractivity contribution < 1.29 is 67.9 Å². The van der Waals surface area contributed by atoms with Crippen molar-refractivity contribution in [3.63, 3.8) is 0 Å². The molecule has 14 nitrogen and oxygen atoms in total. The minimum Gasteiger partial charge on any atom is -0.458 e. The van der Waals surface area contributed by atoms with Crippen LogP contribution in [0.25, 0.3) is 0 Å². The summed E-state index contributed by atoms with van der Waals surface area (Å²) in [5.41, 5.74) is -0.861. The molecule has 4 saturated heterocycles. The zero-order valence-electron chi connectivity index (χ0n) is 35.3. The Hall–Kier alpha value is -1.27. The lowest BCUT2D eigenvalue weighted by molar-refractivity contribution is -0.334. The van der Waals surface area contributed by atoms with Crippen molar-refractivity contribution >= 4 is 5.97 Å². The van der Waals surface area contributed by atoms with Gasteiger partial charge >= 0.3 is 5.97 Å². The number of carbonyl (C=O) groups is 1. The van der Waals surface area contributed by atoms with Crippen LogP contribution in [0.5, 0.6) is 0 Å². The highest BCUT2D eigenvalue weighted by molar-refractivity contribution is 5.85. The van der Waals surface area contributed by atoms with Gasteiger partial charge in [-0.2, -0.15) is 0 Å². The number of ether oxygens (including phenoxy) is 9. The Bertz CT molecular complexity index is 1550. The summed E-state index contributed by atoms with van der Waals surface area (Å²) in [5.74, 6) is -0.440. The van der Waals surface area contributed by atoms with Gasteiger partial charge in [0, 0.05) is 30.8 Å². The lowest BCUT2D eigenvalue weighted by Crippen LogP contribution is -2.67. The molecule has 8 fully saturated rings. The second-order valence-corrected chi connectivity index (χ2v) is 20.4. The summed E-state index contributed by atoms with van der Waals surface area (Å²) in [4.78, 5) is 12.0. The predicted molar refractivity (Wildman–Crippen MR) is 204 cm³/mol. The Kier molecular flexibility index (Phi) is 11.0. The number of fused-ring (bicyclic) bond motifs is 6. The largest absolute Gasteiger partial charge is 0.458 e. The van der Waals surface area contributed by atoms with Crippen LogP contribution >= 0.6 is 0 Å². The Morgan fingerprint density at radius 1 is 0.707 bits per heavy atom. The minimum atomic E-state index is -1.01. The molecule has 0 radical (unpaired) electrons. The lowest BCUT2D eigenvalue weighted by atomic mass is 9.42. The molecule has 58 heavy (non-hydrogen) atoms. The minimum absolute atomic E-state index is 0.0306. The SMILES string of the molecule is C[C@H]1OC(O[C@H]2[C@@H](O)CC(O[C@H]3[C@@H](O)CC(O[C@H]4CC[C@@]5(C)[C@H](CC[C@@H]6[C@@H]5C[C@@H](O)[C@]5(C)[C@@H](C7=CC(=O)OC7)CC[C@]65O)C4)O[C@@H]3C)O[C@@H]2C)C[C@@H]2OC(C)(C)O[C@@H]21. The molecule has 3 unspecified atom stereocenters. The van der Waals surface area contributed by atoms with E-state index in [0.717, 1.165) is 44.1 Å². The van der Waals surface area contributed by atoms with E-state index in [9.17, 15) is 25.2 Å². The summed E-state index contributed by atoms with van der Waals surface area (Å²) in [5, 5.41) is 47.1. The molecule has 14 heteroatoms. The lowest BCUT2D eigenvalue weighted by Gasteiger charge is -2.65. The molecule has 328 valence electrons. The molecule has 9 aliphatic rings. The maximum Gasteiger partial charge on any atom is 0.331 e. The maximum absolute atomic E-state index is 12.6. The molecule has 4 aliphatic carbocycles. The summed E-state index contributed by atoms with van der Waals surface area (Å²) in [7, 11) is 0. The fraction of sp³-hybridized carbons (Fsp3) is 0.932.